The lowest BCUT2D eigenvalue weighted by molar-refractivity contribution is -0.123. The number of carbonyl (C=O) groups excluding carboxylic acids is 1. The molecule has 0 heterocycles. The van der Waals surface area contributed by atoms with Gasteiger partial charge in [-0.15, -0.1) is 0 Å². The molecule has 0 unspecified atom stereocenters. The number of benzene rings is 2. The Morgan fingerprint density at radius 2 is 1.45 bits per heavy atom. The second-order valence-electron chi connectivity index (χ2n) is 5.41. The van der Waals surface area contributed by atoms with E-state index < -0.39 is 0 Å². The topological polar surface area (TPSA) is 41.1 Å². The second kappa shape index (κ2) is 9.00. The van der Waals surface area contributed by atoms with Crippen LogP contribution in [-0.4, -0.2) is 11.9 Å². The van der Waals surface area contributed by atoms with Crippen molar-refractivity contribution in [3.8, 4) is 0 Å². The fourth-order valence-corrected chi connectivity index (χ4v) is 2.36. The first-order valence-electron chi connectivity index (χ1n) is 7.88. The molecule has 0 aliphatic rings. The zero-order valence-corrected chi connectivity index (χ0v) is 13.1. The van der Waals surface area contributed by atoms with Crippen LogP contribution in [0.25, 0.3) is 0 Å². The Bertz CT molecular complexity index is 554. The summed E-state index contributed by atoms with van der Waals surface area (Å²) in [5, 5.41) is 6.38. The highest BCUT2D eigenvalue weighted by atomic mass is 16.2. The van der Waals surface area contributed by atoms with Crippen LogP contribution in [0.4, 0.5) is 0 Å². The van der Waals surface area contributed by atoms with Crippen LogP contribution in [0.5, 0.6) is 0 Å². The van der Waals surface area contributed by atoms with Gasteiger partial charge in [-0.1, -0.05) is 74.0 Å². The summed E-state index contributed by atoms with van der Waals surface area (Å²) in [5.41, 5.74) is 2.31. The molecule has 3 nitrogen and oxygen atoms in total. The van der Waals surface area contributed by atoms with Crippen molar-refractivity contribution in [2.45, 2.75) is 38.9 Å². The molecule has 0 saturated carbocycles. The fourth-order valence-electron chi connectivity index (χ4n) is 2.36. The molecule has 1 atom stereocenters. The molecule has 2 rings (SSSR count). The summed E-state index contributed by atoms with van der Waals surface area (Å²) in [5.74, 6) is 0.0710. The van der Waals surface area contributed by atoms with Crippen molar-refractivity contribution in [2.24, 2.45) is 0 Å². The van der Waals surface area contributed by atoms with E-state index in [1.54, 1.807) is 0 Å². The van der Waals surface area contributed by atoms with Crippen molar-refractivity contribution in [2.75, 3.05) is 0 Å². The van der Waals surface area contributed by atoms with Gasteiger partial charge in [-0.05, 0) is 17.5 Å². The highest BCUT2D eigenvalue weighted by molar-refractivity contribution is 5.81. The van der Waals surface area contributed by atoms with Gasteiger partial charge in [-0.2, -0.15) is 0 Å². The lowest BCUT2D eigenvalue weighted by Crippen LogP contribution is -2.43. The van der Waals surface area contributed by atoms with Gasteiger partial charge in [0.25, 0.3) is 0 Å². The van der Waals surface area contributed by atoms with Crippen LogP contribution in [0.1, 0.15) is 30.9 Å². The lowest BCUT2D eigenvalue weighted by atomic mass is 10.1. The van der Waals surface area contributed by atoms with Crippen molar-refractivity contribution < 1.29 is 4.79 Å². The predicted octanol–water partition coefficient (Wildman–Crippen LogP) is 3.26. The van der Waals surface area contributed by atoms with Crippen LogP contribution < -0.4 is 10.6 Å². The number of carbonyl (C=O) groups is 1. The molecule has 22 heavy (non-hydrogen) atoms. The quantitative estimate of drug-likeness (QED) is 0.785. The molecule has 2 aromatic carbocycles. The Hall–Kier alpha value is -2.13. The molecule has 1 amide bonds. The maximum atomic E-state index is 12.4. The van der Waals surface area contributed by atoms with E-state index in [1.165, 1.54) is 5.56 Å². The Kier molecular flexibility index (Phi) is 6.65. The molecule has 0 aliphatic heterocycles. The van der Waals surface area contributed by atoms with E-state index in [1.807, 2.05) is 48.5 Å². The third-order valence-corrected chi connectivity index (χ3v) is 3.60. The Labute approximate surface area is 132 Å². The molecule has 0 spiro atoms. The average molecular weight is 296 g/mol. The summed E-state index contributed by atoms with van der Waals surface area (Å²) in [7, 11) is 0. The van der Waals surface area contributed by atoms with Crippen molar-refractivity contribution in [1.82, 2.24) is 10.6 Å². The van der Waals surface area contributed by atoms with Crippen LogP contribution in [-0.2, 0) is 17.9 Å². The van der Waals surface area contributed by atoms with E-state index in [0.29, 0.717) is 13.1 Å². The summed E-state index contributed by atoms with van der Waals surface area (Å²) >= 11 is 0. The summed E-state index contributed by atoms with van der Waals surface area (Å²) in [6, 6.07) is 20.0. The lowest BCUT2D eigenvalue weighted by Gasteiger charge is -2.18. The summed E-state index contributed by atoms with van der Waals surface area (Å²) in [4.78, 5) is 12.4. The minimum atomic E-state index is -0.145. The van der Waals surface area contributed by atoms with E-state index >= 15 is 0 Å². The average Bonchev–Trinajstić information content (AvgIpc) is 2.58. The van der Waals surface area contributed by atoms with Gasteiger partial charge < -0.3 is 10.6 Å². The third kappa shape index (κ3) is 5.34. The first kappa shape index (κ1) is 16.2. The Morgan fingerprint density at radius 1 is 0.909 bits per heavy atom. The van der Waals surface area contributed by atoms with Gasteiger partial charge in [-0.3, -0.25) is 4.79 Å². The number of nitrogens with one attached hydrogen (secondary N) is 2. The Balaban J connectivity index is 1.85. The van der Waals surface area contributed by atoms with Crippen molar-refractivity contribution in [3.05, 3.63) is 71.8 Å². The van der Waals surface area contributed by atoms with Gasteiger partial charge in [0.1, 0.15) is 0 Å². The molecule has 0 aliphatic carbocycles. The maximum absolute atomic E-state index is 12.4. The van der Waals surface area contributed by atoms with Gasteiger partial charge in [0, 0.05) is 13.1 Å². The molecular weight excluding hydrogens is 272 g/mol. The highest BCUT2D eigenvalue weighted by Gasteiger charge is 2.16. The van der Waals surface area contributed by atoms with Crippen molar-refractivity contribution >= 4 is 5.91 Å². The number of amides is 1. The Morgan fingerprint density at radius 3 is 2.00 bits per heavy atom. The van der Waals surface area contributed by atoms with Crippen LogP contribution >= 0.6 is 0 Å². The minimum absolute atomic E-state index is 0.0710. The highest BCUT2D eigenvalue weighted by Crippen LogP contribution is 2.03. The minimum Gasteiger partial charge on any atom is -0.351 e. The monoisotopic (exact) mass is 296 g/mol. The zero-order valence-electron chi connectivity index (χ0n) is 13.1. The third-order valence-electron chi connectivity index (χ3n) is 3.60. The molecule has 2 N–H and O–H groups in total. The van der Waals surface area contributed by atoms with Gasteiger partial charge >= 0.3 is 0 Å². The smallest absolute Gasteiger partial charge is 0.237 e. The number of rotatable bonds is 8. The molecule has 0 radical (unpaired) electrons. The van der Waals surface area contributed by atoms with Crippen molar-refractivity contribution in [3.63, 3.8) is 0 Å². The SMILES string of the molecule is CCC[C@H](NCc1ccccc1)C(=O)NCc1ccccc1. The normalized spacial score (nSPS) is 11.9. The van der Waals surface area contributed by atoms with E-state index in [9.17, 15) is 4.79 Å². The summed E-state index contributed by atoms with van der Waals surface area (Å²) < 4.78 is 0. The number of hydrogen-bond donors (Lipinski definition) is 2. The van der Waals surface area contributed by atoms with Gasteiger partial charge in [-0.25, -0.2) is 0 Å². The molecule has 0 fully saturated rings. The zero-order chi connectivity index (χ0) is 15.6. The molecular formula is C19H24N2O. The van der Waals surface area contributed by atoms with Gasteiger partial charge in [0.2, 0.25) is 5.91 Å². The first-order chi connectivity index (χ1) is 10.8. The van der Waals surface area contributed by atoms with E-state index in [2.05, 4.69) is 29.7 Å². The van der Waals surface area contributed by atoms with Crippen LogP contribution in [0.3, 0.4) is 0 Å². The van der Waals surface area contributed by atoms with Crippen LogP contribution in [0.2, 0.25) is 0 Å². The van der Waals surface area contributed by atoms with E-state index in [-0.39, 0.29) is 11.9 Å². The molecule has 2 aromatic rings. The number of hydrogen-bond acceptors (Lipinski definition) is 2. The largest absolute Gasteiger partial charge is 0.351 e. The molecule has 3 heteroatoms. The predicted molar refractivity (Wildman–Crippen MR) is 90.3 cm³/mol. The van der Waals surface area contributed by atoms with Crippen LogP contribution in [0.15, 0.2) is 60.7 Å². The van der Waals surface area contributed by atoms with Crippen LogP contribution in [0, 0.1) is 0 Å². The summed E-state index contributed by atoms with van der Waals surface area (Å²) in [6.45, 7) is 3.39. The first-order valence-corrected chi connectivity index (χ1v) is 7.88. The van der Waals surface area contributed by atoms with E-state index in [4.69, 9.17) is 0 Å². The van der Waals surface area contributed by atoms with Gasteiger partial charge in [0.05, 0.1) is 6.04 Å². The standard InChI is InChI=1S/C19H24N2O/c1-2-9-18(20-14-16-10-5-3-6-11-16)19(22)21-15-17-12-7-4-8-13-17/h3-8,10-13,18,20H,2,9,14-15H2,1H3,(H,21,22)/t18-/m0/s1. The fraction of sp³-hybridized carbons (Fsp3) is 0.316. The molecule has 0 bridgehead atoms. The molecule has 0 saturated heterocycles. The van der Waals surface area contributed by atoms with E-state index in [0.717, 1.165) is 18.4 Å². The second-order valence-corrected chi connectivity index (χ2v) is 5.41. The van der Waals surface area contributed by atoms with Gasteiger partial charge in [0.15, 0.2) is 0 Å². The molecule has 0 aromatic heterocycles. The maximum Gasteiger partial charge on any atom is 0.237 e. The molecule has 116 valence electrons. The van der Waals surface area contributed by atoms with Crippen molar-refractivity contribution in [1.29, 1.82) is 0 Å². The summed E-state index contributed by atoms with van der Waals surface area (Å²) in [6.07, 6.45) is 1.82.